The molecule has 32 heavy (non-hydrogen) atoms. The van der Waals surface area contributed by atoms with Crippen molar-refractivity contribution in [3.8, 4) is 0 Å². The number of rotatable bonds is 3. The van der Waals surface area contributed by atoms with Gasteiger partial charge in [-0.2, -0.15) is 17.7 Å². The molecule has 3 aromatic rings. The van der Waals surface area contributed by atoms with Gasteiger partial charge < -0.3 is 15.0 Å². The Labute approximate surface area is 202 Å². The van der Waals surface area contributed by atoms with E-state index in [1.165, 1.54) is 0 Å². The van der Waals surface area contributed by atoms with Crippen LogP contribution in [0.25, 0.3) is 0 Å². The number of hydrogen-bond acceptors (Lipinski definition) is 3. The molecule has 0 heterocycles. The summed E-state index contributed by atoms with van der Waals surface area (Å²) in [5, 5.41) is 16.8. The number of carboxylic acid groups (broad SMARTS) is 2. The van der Waals surface area contributed by atoms with E-state index >= 15 is 0 Å². The quantitative estimate of drug-likeness (QED) is 0.411. The van der Waals surface area contributed by atoms with Gasteiger partial charge in [0.1, 0.15) is 0 Å². The summed E-state index contributed by atoms with van der Waals surface area (Å²) in [5.74, 6) is -1.76. The Morgan fingerprint density at radius 2 is 0.906 bits per heavy atom. The fraction of sp³-hybridized carbons (Fsp3) is 0. The number of carbonyl (C=O) groups excluding carboxylic acids is 1. The van der Waals surface area contributed by atoms with Crippen LogP contribution in [0, 0.1) is 6.42 Å². The summed E-state index contributed by atoms with van der Waals surface area (Å²) in [5.41, 5.74) is 1.27. The van der Waals surface area contributed by atoms with Crippen molar-refractivity contribution in [2.75, 3.05) is 0 Å². The van der Waals surface area contributed by atoms with Gasteiger partial charge >= 0.3 is 11.9 Å². The number of carboxylic acids is 2. The Morgan fingerprint density at radius 3 is 1.09 bits per heavy atom. The van der Waals surface area contributed by atoms with Crippen LogP contribution < -0.4 is 0 Å². The Balaban J connectivity index is 0.000000403. The van der Waals surface area contributed by atoms with Crippen molar-refractivity contribution in [1.29, 1.82) is 0 Å². The zero-order valence-corrected chi connectivity index (χ0v) is 18.7. The van der Waals surface area contributed by atoms with Crippen LogP contribution in [0.2, 0.25) is 0 Å². The van der Waals surface area contributed by atoms with Crippen LogP contribution in [0.3, 0.4) is 0 Å². The van der Waals surface area contributed by atoms with Crippen LogP contribution in [-0.2, 0) is 26.5 Å². The van der Waals surface area contributed by atoms with Gasteiger partial charge in [0.25, 0.3) is 0 Å². The van der Waals surface area contributed by atoms with Crippen molar-refractivity contribution in [3.63, 3.8) is 0 Å². The number of allylic oxidation sites excluding steroid dienone is 4. The molecule has 0 aromatic heterocycles. The van der Waals surface area contributed by atoms with Crippen molar-refractivity contribution in [1.82, 2.24) is 0 Å². The summed E-state index contributed by atoms with van der Waals surface area (Å²) < 4.78 is 0. The summed E-state index contributed by atoms with van der Waals surface area (Å²) >= 11 is 0. The van der Waals surface area contributed by atoms with Crippen molar-refractivity contribution in [2.24, 2.45) is 0 Å². The minimum absolute atomic E-state index is 0. The van der Waals surface area contributed by atoms with E-state index in [1.807, 2.05) is 36.8 Å². The molecular weight excluding hydrogens is 440 g/mol. The minimum Gasteiger partial charge on any atom is -0.478 e. The minimum atomic E-state index is -0.879. The molecule has 1 radical (unpaired) electrons. The maximum absolute atomic E-state index is 10.2. The third-order valence-electron chi connectivity index (χ3n) is 3.49. The van der Waals surface area contributed by atoms with Crippen LogP contribution in [0.4, 0.5) is 0 Å². The van der Waals surface area contributed by atoms with Crippen molar-refractivity contribution in [3.05, 3.63) is 138 Å². The molecule has 6 heteroatoms. The van der Waals surface area contributed by atoms with E-state index in [4.69, 9.17) is 10.2 Å². The fourth-order valence-electron chi connectivity index (χ4n) is 1.99. The van der Waals surface area contributed by atoms with Gasteiger partial charge in [-0.3, -0.25) is 0 Å². The number of aromatic carboxylic acids is 2. The Morgan fingerprint density at radius 1 is 0.562 bits per heavy atom. The predicted octanol–water partition coefficient (Wildman–Crippen LogP) is 5.23. The first kappa shape index (κ1) is 28.5. The van der Waals surface area contributed by atoms with E-state index in [9.17, 15) is 14.4 Å². The van der Waals surface area contributed by atoms with Crippen molar-refractivity contribution >= 4 is 18.2 Å². The normalized spacial score (nSPS) is 9.88. The van der Waals surface area contributed by atoms with Crippen LogP contribution in [0.1, 0.15) is 26.3 Å². The first-order valence-corrected chi connectivity index (χ1v) is 9.21. The second kappa shape index (κ2) is 18.3. The third-order valence-corrected chi connectivity index (χ3v) is 3.49. The monoisotopic (exact) mass is 462 g/mol. The second-order valence-corrected chi connectivity index (χ2v) is 5.77. The van der Waals surface area contributed by atoms with E-state index in [0.29, 0.717) is 16.7 Å². The molecule has 161 valence electrons. The summed E-state index contributed by atoms with van der Waals surface area (Å²) in [7, 11) is 0. The molecule has 0 amide bonds. The molecule has 1 aliphatic carbocycles. The van der Waals surface area contributed by atoms with E-state index in [0.717, 1.165) is 0 Å². The molecular formula is C26H22O5Ti-. The van der Waals surface area contributed by atoms with Gasteiger partial charge in [0.05, 0.1) is 17.4 Å². The average molecular weight is 462 g/mol. The van der Waals surface area contributed by atoms with Crippen LogP contribution >= 0.6 is 0 Å². The summed E-state index contributed by atoms with van der Waals surface area (Å²) in [6.45, 7) is 0. The van der Waals surface area contributed by atoms with Gasteiger partial charge in [0.2, 0.25) is 0 Å². The second-order valence-electron chi connectivity index (χ2n) is 5.77. The van der Waals surface area contributed by atoms with Gasteiger partial charge in [-0.25, -0.2) is 9.59 Å². The Hall–Kier alpha value is -3.54. The molecule has 3 aromatic carbocycles. The van der Waals surface area contributed by atoms with Crippen LogP contribution in [0.15, 0.2) is 115 Å². The van der Waals surface area contributed by atoms with Gasteiger partial charge in [0.15, 0.2) is 0 Å². The van der Waals surface area contributed by atoms with Gasteiger partial charge in [-0.15, -0.1) is 12.1 Å². The van der Waals surface area contributed by atoms with E-state index in [2.05, 4.69) is 0 Å². The van der Waals surface area contributed by atoms with Gasteiger partial charge in [-0.05, 0) is 24.3 Å². The predicted molar refractivity (Wildman–Crippen MR) is 121 cm³/mol. The Kier molecular flexibility index (Phi) is 16.2. The molecule has 4 rings (SSSR count). The summed E-state index contributed by atoms with van der Waals surface area (Å²) in [6.07, 6.45) is 11.8. The SMILES string of the molecule is O=C(O)c1ccccc1.O=C(O)c1ccccc1.O=[C-]c1ccccc1.[CH]1C=CC=C1.[Ti]. The number of benzene rings is 3. The first-order valence-electron chi connectivity index (χ1n) is 9.21. The molecule has 1 aliphatic rings. The fourth-order valence-corrected chi connectivity index (χ4v) is 1.99. The standard InChI is InChI=1S/2C7H6O2.C7H5O.C5H5.Ti/c2*8-7(9)6-4-2-1-3-5-6;8-6-7-4-2-1-3-5-7;1-2-4-5-3-1;/h2*1-5H,(H,8,9);1-5H;1-5H;/q;;-1;;. The molecule has 0 spiro atoms. The number of carbonyl (C=O) groups is 2. The number of hydrogen-bond donors (Lipinski definition) is 2. The van der Waals surface area contributed by atoms with E-state index < -0.39 is 11.9 Å². The summed E-state index contributed by atoms with van der Waals surface area (Å²) in [6, 6.07) is 25.5. The third kappa shape index (κ3) is 13.6. The van der Waals surface area contributed by atoms with E-state index in [-0.39, 0.29) is 21.7 Å². The molecule has 0 unspecified atom stereocenters. The largest absolute Gasteiger partial charge is 0.478 e. The molecule has 0 fully saturated rings. The topological polar surface area (TPSA) is 91.7 Å². The zero-order valence-electron chi connectivity index (χ0n) is 17.2. The van der Waals surface area contributed by atoms with Gasteiger partial charge in [0, 0.05) is 28.1 Å². The Bertz CT molecular complexity index is 909. The van der Waals surface area contributed by atoms with Gasteiger partial charge in [-0.1, -0.05) is 66.8 Å². The molecule has 0 bridgehead atoms. The molecule has 0 atom stereocenters. The van der Waals surface area contributed by atoms with Crippen LogP contribution in [-0.4, -0.2) is 28.4 Å². The maximum atomic E-state index is 10.2. The smallest absolute Gasteiger partial charge is 0.335 e. The maximum Gasteiger partial charge on any atom is 0.335 e. The molecule has 0 saturated carbocycles. The molecule has 0 saturated heterocycles. The molecule has 5 nitrogen and oxygen atoms in total. The van der Waals surface area contributed by atoms with Crippen LogP contribution in [0.5, 0.6) is 0 Å². The van der Waals surface area contributed by atoms with Crippen molar-refractivity contribution < 1.29 is 46.3 Å². The zero-order chi connectivity index (χ0) is 22.7. The average Bonchev–Trinajstić information content (AvgIpc) is 3.42. The van der Waals surface area contributed by atoms with Crippen molar-refractivity contribution in [2.45, 2.75) is 0 Å². The first-order chi connectivity index (χ1) is 15.0. The molecule has 0 aliphatic heterocycles. The summed E-state index contributed by atoms with van der Waals surface area (Å²) in [4.78, 5) is 30.3. The van der Waals surface area contributed by atoms with E-state index in [1.54, 1.807) is 91.2 Å². The molecule has 2 N–H and O–H groups in total.